The maximum atomic E-state index is 13.9. The molecule has 0 saturated carbocycles. The minimum Gasteiger partial charge on any atom is -0.488 e. The molecule has 2 amide bonds. The molecule has 7 heteroatoms. The lowest BCUT2D eigenvalue weighted by Gasteiger charge is -2.27. The van der Waals surface area contributed by atoms with Crippen LogP contribution in [0, 0.1) is 11.6 Å². The van der Waals surface area contributed by atoms with Gasteiger partial charge in [0.1, 0.15) is 12.4 Å². The number of carbonyl (C=O) groups is 2. The van der Waals surface area contributed by atoms with E-state index in [-0.39, 0.29) is 30.4 Å². The highest BCUT2D eigenvalue weighted by Gasteiger charge is 2.32. The van der Waals surface area contributed by atoms with Gasteiger partial charge in [0.25, 0.3) is 0 Å². The Bertz CT molecular complexity index is 1100. The van der Waals surface area contributed by atoms with Crippen molar-refractivity contribution in [2.75, 3.05) is 11.9 Å². The lowest BCUT2D eigenvalue weighted by Crippen LogP contribution is -2.39. The lowest BCUT2D eigenvalue weighted by atomic mass is 9.89. The van der Waals surface area contributed by atoms with Crippen LogP contribution >= 0.6 is 0 Å². The fraction of sp³-hybridized carbons (Fsp3) is 0.167. The summed E-state index contributed by atoms with van der Waals surface area (Å²) in [6.07, 6.45) is -0.0554. The molecule has 0 unspecified atom stereocenters. The van der Waals surface area contributed by atoms with Gasteiger partial charge in [0.05, 0.1) is 12.0 Å². The Balaban J connectivity index is 1.56. The van der Waals surface area contributed by atoms with Crippen LogP contribution < -0.4 is 15.4 Å². The molecule has 0 bridgehead atoms. The number of para-hydroxylation sites is 1. The van der Waals surface area contributed by atoms with Crippen LogP contribution in [0.2, 0.25) is 0 Å². The van der Waals surface area contributed by atoms with E-state index in [1.165, 1.54) is 30.3 Å². The van der Waals surface area contributed by atoms with Crippen LogP contribution in [0.25, 0.3) is 0 Å². The minimum absolute atomic E-state index is 0.00806. The average molecular weight is 422 g/mol. The van der Waals surface area contributed by atoms with E-state index in [4.69, 9.17) is 4.74 Å². The Hall–Kier alpha value is -3.74. The standard InChI is InChI=1S/C24H20F2N2O3/c25-16-10-11-17-18(13-23(29)27-20(17)12-16)24(30)28-21(15-6-2-1-3-7-15)14-31-22-9-5-4-8-19(22)26/h1-12,18,21H,13-14H2,(H,27,29)(H,28,30)/t18-,21-/m1/s1. The van der Waals surface area contributed by atoms with Gasteiger partial charge in [-0.15, -0.1) is 0 Å². The summed E-state index contributed by atoms with van der Waals surface area (Å²) in [6, 6.07) is 18.5. The summed E-state index contributed by atoms with van der Waals surface area (Å²) >= 11 is 0. The van der Waals surface area contributed by atoms with Gasteiger partial charge in [0.2, 0.25) is 11.8 Å². The largest absolute Gasteiger partial charge is 0.488 e. The second-order valence-corrected chi connectivity index (χ2v) is 7.25. The van der Waals surface area contributed by atoms with E-state index in [1.54, 1.807) is 12.1 Å². The first-order chi connectivity index (χ1) is 15.0. The maximum absolute atomic E-state index is 13.9. The van der Waals surface area contributed by atoms with E-state index in [9.17, 15) is 18.4 Å². The molecule has 1 heterocycles. The molecule has 0 radical (unpaired) electrons. The smallest absolute Gasteiger partial charge is 0.228 e. The monoisotopic (exact) mass is 422 g/mol. The molecule has 158 valence electrons. The Labute approximate surface area is 178 Å². The Morgan fingerprint density at radius 3 is 2.58 bits per heavy atom. The number of carbonyl (C=O) groups excluding carboxylic acids is 2. The van der Waals surface area contributed by atoms with Crippen LogP contribution in [0.5, 0.6) is 5.75 Å². The fourth-order valence-corrected chi connectivity index (χ4v) is 3.58. The van der Waals surface area contributed by atoms with E-state index in [0.29, 0.717) is 5.56 Å². The zero-order valence-corrected chi connectivity index (χ0v) is 16.5. The number of ether oxygens (including phenoxy) is 1. The summed E-state index contributed by atoms with van der Waals surface area (Å²) in [5.41, 5.74) is 1.60. The average Bonchev–Trinajstić information content (AvgIpc) is 2.77. The van der Waals surface area contributed by atoms with Gasteiger partial charge in [-0.3, -0.25) is 9.59 Å². The van der Waals surface area contributed by atoms with Crippen LogP contribution in [0.4, 0.5) is 14.5 Å². The summed E-state index contributed by atoms with van der Waals surface area (Å²) in [5.74, 6) is -2.45. The molecular weight excluding hydrogens is 402 g/mol. The van der Waals surface area contributed by atoms with Gasteiger partial charge >= 0.3 is 0 Å². The molecule has 3 aromatic carbocycles. The van der Waals surface area contributed by atoms with Crippen molar-refractivity contribution in [3.05, 3.63) is 95.6 Å². The summed E-state index contributed by atoms with van der Waals surface area (Å²) in [4.78, 5) is 25.2. The van der Waals surface area contributed by atoms with Gasteiger partial charge in [-0.05, 0) is 35.4 Å². The third kappa shape index (κ3) is 4.71. The highest BCUT2D eigenvalue weighted by molar-refractivity contribution is 6.01. The zero-order chi connectivity index (χ0) is 21.8. The molecule has 1 aliphatic heterocycles. The van der Waals surface area contributed by atoms with E-state index in [2.05, 4.69) is 10.6 Å². The van der Waals surface area contributed by atoms with Crippen molar-refractivity contribution in [2.24, 2.45) is 0 Å². The number of amides is 2. The molecule has 0 aromatic heterocycles. The maximum Gasteiger partial charge on any atom is 0.228 e. The normalized spacial score (nSPS) is 16.1. The first-order valence-corrected chi connectivity index (χ1v) is 9.83. The van der Waals surface area contributed by atoms with E-state index in [1.807, 2.05) is 30.3 Å². The molecule has 3 aromatic rings. The predicted molar refractivity (Wildman–Crippen MR) is 112 cm³/mol. The van der Waals surface area contributed by atoms with E-state index in [0.717, 1.165) is 5.56 Å². The van der Waals surface area contributed by atoms with Crippen molar-refractivity contribution in [1.82, 2.24) is 5.32 Å². The Morgan fingerprint density at radius 2 is 1.81 bits per heavy atom. The number of rotatable bonds is 6. The first kappa shape index (κ1) is 20.5. The highest BCUT2D eigenvalue weighted by Crippen LogP contribution is 2.33. The number of halogens is 2. The highest BCUT2D eigenvalue weighted by atomic mass is 19.1. The van der Waals surface area contributed by atoms with Gasteiger partial charge in [-0.2, -0.15) is 0 Å². The quantitative estimate of drug-likeness (QED) is 0.622. The minimum atomic E-state index is -0.774. The van der Waals surface area contributed by atoms with Gasteiger partial charge in [-0.1, -0.05) is 48.5 Å². The van der Waals surface area contributed by atoms with Crippen LogP contribution in [0.15, 0.2) is 72.8 Å². The molecule has 2 atom stereocenters. The number of anilines is 1. The molecular formula is C24H20F2N2O3. The topological polar surface area (TPSA) is 67.4 Å². The number of hydrogen-bond donors (Lipinski definition) is 2. The van der Waals surface area contributed by atoms with Gasteiger partial charge < -0.3 is 15.4 Å². The van der Waals surface area contributed by atoms with Crippen LogP contribution in [-0.4, -0.2) is 18.4 Å². The second kappa shape index (κ2) is 8.95. The van der Waals surface area contributed by atoms with Crippen molar-refractivity contribution in [1.29, 1.82) is 0 Å². The van der Waals surface area contributed by atoms with Gasteiger partial charge in [-0.25, -0.2) is 8.78 Å². The fourth-order valence-electron chi connectivity index (χ4n) is 3.58. The molecule has 2 N–H and O–H groups in total. The Kier molecular flexibility index (Phi) is 5.93. The second-order valence-electron chi connectivity index (χ2n) is 7.25. The van der Waals surface area contributed by atoms with Gasteiger partial charge in [0, 0.05) is 12.1 Å². The van der Waals surface area contributed by atoms with Gasteiger partial charge in [0.15, 0.2) is 11.6 Å². The molecule has 0 aliphatic carbocycles. The van der Waals surface area contributed by atoms with Crippen molar-refractivity contribution < 1.29 is 23.1 Å². The summed E-state index contributed by atoms with van der Waals surface area (Å²) in [5, 5.41) is 5.51. The molecule has 31 heavy (non-hydrogen) atoms. The number of nitrogens with one attached hydrogen (secondary N) is 2. The lowest BCUT2D eigenvalue weighted by molar-refractivity contribution is -0.127. The molecule has 0 spiro atoms. The molecule has 1 aliphatic rings. The van der Waals surface area contributed by atoms with Crippen LogP contribution in [0.3, 0.4) is 0 Å². The summed E-state index contributed by atoms with van der Waals surface area (Å²) in [6.45, 7) is -0.00806. The van der Waals surface area contributed by atoms with E-state index >= 15 is 0 Å². The Morgan fingerprint density at radius 1 is 1.06 bits per heavy atom. The zero-order valence-electron chi connectivity index (χ0n) is 16.5. The molecule has 0 fully saturated rings. The van der Waals surface area contributed by atoms with Crippen molar-refractivity contribution in [2.45, 2.75) is 18.4 Å². The molecule has 0 saturated heterocycles. The van der Waals surface area contributed by atoms with E-state index < -0.39 is 29.5 Å². The molecule has 5 nitrogen and oxygen atoms in total. The first-order valence-electron chi connectivity index (χ1n) is 9.83. The summed E-state index contributed by atoms with van der Waals surface area (Å²) in [7, 11) is 0. The number of hydrogen-bond acceptors (Lipinski definition) is 3. The number of benzene rings is 3. The van der Waals surface area contributed by atoms with Crippen LogP contribution in [0.1, 0.15) is 29.5 Å². The third-order valence-corrected chi connectivity index (χ3v) is 5.13. The predicted octanol–water partition coefficient (Wildman–Crippen LogP) is 4.33. The van der Waals surface area contributed by atoms with Crippen molar-refractivity contribution >= 4 is 17.5 Å². The van der Waals surface area contributed by atoms with Crippen molar-refractivity contribution in [3.63, 3.8) is 0 Å². The third-order valence-electron chi connectivity index (χ3n) is 5.13. The van der Waals surface area contributed by atoms with Crippen molar-refractivity contribution in [3.8, 4) is 5.75 Å². The van der Waals surface area contributed by atoms with Crippen LogP contribution in [-0.2, 0) is 9.59 Å². The number of fused-ring (bicyclic) bond motifs is 1. The molecule has 4 rings (SSSR count). The SMILES string of the molecule is O=C1C[C@@H](C(=O)N[C@H](COc2ccccc2F)c2ccccc2)c2ccc(F)cc2N1. The summed E-state index contributed by atoms with van der Waals surface area (Å²) < 4.78 is 33.2.